The third kappa shape index (κ3) is 1.53. The Morgan fingerprint density at radius 3 is 3.00 bits per heavy atom. The van der Waals surface area contributed by atoms with E-state index in [0.29, 0.717) is 5.82 Å². The van der Waals surface area contributed by atoms with Crippen molar-refractivity contribution in [2.75, 3.05) is 5.73 Å². The summed E-state index contributed by atoms with van der Waals surface area (Å²) in [6, 6.07) is 4.05. The zero-order valence-electron chi connectivity index (χ0n) is 9.21. The van der Waals surface area contributed by atoms with Gasteiger partial charge in [0.1, 0.15) is 11.5 Å². The van der Waals surface area contributed by atoms with Crippen LogP contribution in [-0.2, 0) is 7.05 Å². The molecule has 86 valence electrons. The first-order valence-corrected chi connectivity index (χ1v) is 6.01. The molecule has 3 heterocycles. The highest BCUT2D eigenvalue weighted by atomic mass is 32.1. The number of hydrogen-bond acceptors (Lipinski definition) is 4. The standard InChI is InChI=1S/C11H11N5S/c1-16-11(12)9(8-3-2-4-17-8)10(15-16)7-5-13-14-6-7/h2-6H,12H2,1H3,(H,13,14). The van der Waals surface area contributed by atoms with E-state index in [0.717, 1.165) is 21.7 Å². The zero-order valence-corrected chi connectivity index (χ0v) is 10.0. The molecule has 0 radical (unpaired) electrons. The fourth-order valence-electron chi connectivity index (χ4n) is 1.78. The molecule has 5 nitrogen and oxygen atoms in total. The van der Waals surface area contributed by atoms with E-state index in [1.54, 1.807) is 22.2 Å². The number of anilines is 1. The molecule has 0 fully saturated rings. The first-order chi connectivity index (χ1) is 8.27. The van der Waals surface area contributed by atoms with Crippen molar-refractivity contribution in [1.29, 1.82) is 0 Å². The number of nitrogens with two attached hydrogens (primary N) is 1. The number of aryl methyl sites for hydroxylation is 1. The molecule has 0 saturated carbocycles. The van der Waals surface area contributed by atoms with E-state index in [2.05, 4.69) is 15.3 Å². The van der Waals surface area contributed by atoms with Crippen molar-refractivity contribution in [3.05, 3.63) is 29.9 Å². The van der Waals surface area contributed by atoms with Crippen LogP contribution in [0.1, 0.15) is 0 Å². The van der Waals surface area contributed by atoms with Crippen molar-refractivity contribution in [3.63, 3.8) is 0 Å². The van der Waals surface area contributed by atoms with Crippen molar-refractivity contribution >= 4 is 17.2 Å². The molecule has 17 heavy (non-hydrogen) atoms. The molecular formula is C11H11N5S. The lowest BCUT2D eigenvalue weighted by Gasteiger charge is -1.98. The maximum absolute atomic E-state index is 6.08. The highest BCUT2D eigenvalue weighted by molar-refractivity contribution is 7.13. The second-order valence-corrected chi connectivity index (χ2v) is 4.64. The minimum atomic E-state index is 0.670. The topological polar surface area (TPSA) is 72.5 Å². The lowest BCUT2D eigenvalue weighted by atomic mass is 10.1. The second-order valence-electron chi connectivity index (χ2n) is 3.70. The Bertz CT molecular complexity index is 621. The number of rotatable bonds is 2. The highest BCUT2D eigenvalue weighted by Gasteiger charge is 2.18. The Labute approximate surface area is 102 Å². The molecule has 3 aromatic heterocycles. The first kappa shape index (κ1) is 10.1. The van der Waals surface area contributed by atoms with Gasteiger partial charge in [0.2, 0.25) is 0 Å². The fourth-order valence-corrected chi connectivity index (χ4v) is 2.56. The fraction of sp³-hybridized carbons (Fsp3) is 0.0909. The highest BCUT2D eigenvalue weighted by Crippen LogP contribution is 2.37. The summed E-state index contributed by atoms with van der Waals surface area (Å²) in [4.78, 5) is 1.12. The van der Waals surface area contributed by atoms with Crippen LogP contribution < -0.4 is 5.73 Å². The van der Waals surface area contributed by atoms with Gasteiger partial charge in [-0.1, -0.05) is 6.07 Å². The van der Waals surface area contributed by atoms with Gasteiger partial charge in [-0.2, -0.15) is 10.2 Å². The van der Waals surface area contributed by atoms with Crippen LogP contribution in [0.5, 0.6) is 0 Å². The van der Waals surface area contributed by atoms with Crippen LogP contribution in [0.2, 0.25) is 0 Å². The molecule has 0 aliphatic heterocycles. The van der Waals surface area contributed by atoms with Gasteiger partial charge in [0.25, 0.3) is 0 Å². The summed E-state index contributed by atoms with van der Waals surface area (Å²) >= 11 is 1.65. The van der Waals surface area contributed by atoms with Crippen LogP contribution in [0.15, 0.2) is 29.9 Å². The van der Waals surface area contributed by atoms with Crippen LogP contribution in [0.4, 0.5) is 5.82 Å². The Balaban J connectivity index is 2.26. The number of hydrogen-bond donors (Lipinski definition) is 2. The Hall–Kier alpha value is -2.08. The summed E-state index contributed by atoms with van der Waals surface area (Å²) in [5.41, 5.74) is 8.86. The van der Waals surface area contributed by atoms with Gasteiger partial charge in [-0.15, -0.1) is 11.3 Å². The lowest BCUT2D eigenvalue weighted by Crippen LogP contribution is -1.97. The Morgan fingerprint density at radius 2 is 2.35 bits per heavy atom. The molecule has 0 aliphatic rings. The molecule has 0 atom stereocenters. The largest absolute Gasteiger partial charge is 0.383 e. The van der Waals surface area contributed by atoms with Crippen LogP contribution in [0, 0.1) is 0 Å². The molecule has 0 bridgehead atoms. The van der Waals surface area contributed by atoms with Crippen molar-refractivity contribution in [2.45, 2.75) is 0 Å². The number of nitrogen functional groups attached to an aromatic ring is 1. The van der Waals surface area contributed by atoms with Gasteiger partial charge >= 0.3 is 0 Å². The van der Waals surface area contributed by atoms with Crippen molar-refractivity contribution in [2.24, 2.45) is 7.05 Å². The zero-order chi connectivity index (χ0) is 11.8. The molecule has 0 amide bonds. The second kappa shape index (κ2) is 3.74. The van der Waals surface area contributed by atoms with E-state index in [9.17, 15) is 0 Å². The van der Waals surface area contributed by atoms with E-state index in [4.69, 9.17) is 5.73 Å². The van der Waals surface area contributed by atoms with Crippen LogP contribution >= 0.6 is 11.3 Å². The van der Waals surface area contributed by atoms with Crippen LogP contribution in [0.3, 0.4) is 0 Å². The summed E-state index contributed by atoms with van der Waals surface area (Å²) in [5, 5.41) is 13.2. The number of nitrogens with zero attached hydrogens (tertiary/aromatic N) is 3. The molecule has 0 unspecified atom stereocenters. The van der Waals surface area contributed by atoms with Gasteiger partial charge in [0.15, 0.2) is 0 Å². The molecule has 3 N–H and O–H groups in total. The van der Waals surface area contributed by atoms with Gasteiger partial charge in [0, 0.05) is 23.7 Å². The van der Waals surface area contributed by atoms with Crippen LogP contribution in [0.25, 0.3) is 21.7 Å². The molecule has 6 heteroatoms. The number of aromatic amines is 1. The molecule has 0 aliphatic carbocycles. The van der Waals surface area contributed by atoms with Gasteiger partial charge in [-0.25, -0.2) is 0 Å². The van der Waals surface area contributed by atoms with Gasteiger partial charge in [-0.05, 0) is 11.4 Å². The average Bonchev–Trinajstić information content (AvgIpc) is 3.01. The summed E-state index contributed by atoms with van der Waals surface area (Å²) in [6.07, 6.45) is 3.57. The van der Waals surface area contributed by atoms with Gasteiger partial charge in [-0.3, -0.25) is 9.78 Å². The maximum Gasteiger partial charge on any atom is 0.130 e. The van der Waals surface area contributed by atoms with E-state index >= 15 is 0 Å². The number of thiophene rings is 1. The summed E-state index contributed by atoms with van der Waals surface area (Å²) in [6.45, 7) is 0. The van der Waals surface area contributed by atoms with Crippen molar-refractivity contribution in [3.8, 4) is 21.7 Å². The van der Waals surface area contributed by atoms with Crippen LogP contribution in [-0.4, -0.2) is 20.0 Å². The van der Waals surface area contributed by atoms with E-state index in [1.165, 1.54) is 0 Å². The smallest absolute Gasteiger partial charge is 0.130 e. The predicted octanol–water partition coefficient (Wildman–Crippen LogP) is 2.12. The molecule has 0 spiro atoms. The first-order valence-electron chi connectivity index (χ1n) is 5.13. The Kier molecular flexibility index (Phi) is 2.22. The number of aromatic nitrogens is 4. The SMILES string of the molecule is Cn1nc(-c2cn[nH]c2)c(-c2cccs2)c1N. The molecular weight excluding hydrogens is 234 g/mol. The quantitative estimate of drug-likeness (QED) is 0.726. The summed E-state index contributed by atoms with van der Waals surface area (Å²) in [5.74, 6) is 0.670. The predicted molar refractivity (Wildman–Crippen MR) is 68.5 cm³/mol. The number of H-pyrrole nitrogens is 1. The molecule has 0 aromatic carbocycles. The minimum Gasteiger partial charge on any atom is -0.383 e. The average molecular weight is 245 g/mol. The summed E-state index contributed by atoms with van der Waals surface area (Å²) < 4.78 is 1.69. The maximum atomic E-state index is 6.08. The third-order valence-corrected chi connectivity index (χ3v) is 3.52. The lowest BCUT2D eigenvalue weighted by molar-refractivity contribution is 0.782. The van der Waals surface area contributed by atoms with Gasteiger partial charge < -0.3 is 5.73 Å². The van der Waals surface area contributed by atoms with Gasteiger partial charge in [0.05, 0.1) is 11.8 Å². The molecule has 3 aromatic rings. The normalized spacial score (nSPS) is 10.9. The van der Waals surface area contributed by atoms with E-state index in [1.807, 2.05) is 30.8 Å². The van der Waals surface area contributed by atoms with Crippen molar-refractivity contribution < 1.29 is 0 Å². The third-order valence-electron chi connectivity index (χ3n) is 2.63. The summed E-state index contributed by atoms with van der Waals surface area (Å²) in [7, 11) is 1.84. The van der Waals surface area contributed by atoms with Crippen molar-refractivity contribution in [1.82, 2.24) is 20.0 Å². The van der Waals surface area contributed by atoms with E-state index in [-0.39, 0.29) is 0 Å². The number of nitrogens with one attached hydrogen (secondary N) is 1. The van der Waals surface area contributed by atoms with E-state index < -0.39 is 0 Å². The molecule has 0 saturated heterocycles. The minimum absolute atomic E-state index is 0.670. The monoisotopic (exact) mass is 245 g/mol. The molecule has 3 rings (SSSR count). The Morgan fingerprint density at radius 1 is 1.47 bits per heavy atom.